The summed E-state index contributed by atoms with van der Waals surface area (Å²) in [5.41, 5.74) is 0.766. The van der Waals surface area contributed by atoms with Crippen molar-refractivity contribution in [3.63, 3.8) is 0 Å². The number of rotatable bonds is 7. The maximum absolute atomic E-state index is 12.4. The van der Waals surface area contributed by atoms with Crippen molar-refractivity contribution < 1.29 is 17.9 Å². The van der Waals surface area contributed by atoms with Gasteiger partial charge in [-0.2, -0.15) is 0 Å². The summed E-state index contributed by atoms with van der Waals surface area (Å²) in [6.45, 7) is 3.41. The van der Waals surface area contributed by atoms with Gasteiger partial charge < -0.3 is 10.1 Å². The van der Waals surface area contributed by atoms with Crippen molar-refractivity contribution in [2.75, 3.05) is 14.1 Å². The van der Waals surface area contributed by atoms with Crippen LogP contribution in [0.15, 0.2) is 47.4 Å². The molecule has 152 valence electrons. The molecule has 0 bridgehead atoms. The molecule has 6 nitrogen and oxygen atoms in total. The van der Waals surface area contributed by atoms with E-state index in [4.69, 9.17) is 27.9 Å². The third-order valence-corrected chi connectivity index (χ3v) is 6.44. The molecule has 9 heteroatoms. The molecule has 2 rings (SSSR count). The van der Waals surface area contributed by atoms with Crippen molar-refractivity contribution in [3.8, 4) is 5.75 Å². The van der Waals surface area contributed by atoms with E-state index in [2.05, 4.69) is 5.32 Å². The molecule has 0 fully saturated rings. The SMILES string of the molecule is CC(Oc1ccc(Cl)cc1Cl)C(=O)NC(C)c1ccc(S(=O)(=O)N(C)C)cc1. The van der Waals surface area contributed by atoms with E-state index in [0.29, 0.717) is 15.8 Å². The predicted octanol–water partition coefficient (Wildman–Crippen LogP) is 3.89. The highest BCUT2D eigenvalue weighted by Gasteiger charge is 2.20. The smallest absolute Gasteiger partial charge is 0.261 e. The molecule has 0 aliphatic heterocycles. The first-order valence-corrected chi connectivity index (χ1v) is 10.7. The highest BCUT2D eigenvalue weighted by Crippen LogP contribution is 2.28. The number of benzene rings is 2. The summed E-state index contributed by atoms with van der Waals surface area (Å²) >= 11 is 11.9. The van der Waals surface area contributed by atoms with E-state index in [1.54, 1.807) is 38.1 Å². The van der Waals surface area contributed by atoms with Crippen molar-refractivity contribution in [1.29, 1.82) is 0 Å². The largest absolute Gasteiger partial charge is 0.479 e. The lowest BCUT2D eigenvalue weighted by Gasteiger charge is -2.20. The Morgan fingerprint density at radius 1 is 1.07 bits per heavy atom. The average molecular weight is 445 g/mol. The standard InChI is InChI=1S/C19H22Cl2N2O4S/c1-12(14-5-8-16(9-6-14)28(25,26)23(3)4)22-19(24)13(2)27-18-10-7-15(20)11-17(18)21/h5-13H,1-4H3,(H,22,24). The van der Waals surface area contributed by atoms with Crippen molar-refractivity contribution >= 4 is 39.1 Å². The lowest BCUT2D eigenvalue weighted by Crippen LogP contribution is -2.37. The molecule has 0 saturated carbocycles. The zero-order valence-electron chi connectivity index (χ0n) is 15.9. The number of ether oxygens (including phenoxy) is 1. The van der Waals surface area contributed by atoms with Gasteiger partial charge in [0, 0.05) is 19.1 Å². The number of carbonyl (C=O) groups is 1. The summed E-state index contributed by atoms with van der Waals surface area (Å²) < 4.78 is 31.0. The number of hydrogen-bond acceptors (Lipinski definition) is 4. The molecule has 0 aliphatic rings. The molecule has 0 spiro atoms. The number of nitrogens with one attached hydrogen (secondary N) is 1. The Hall–Kier alpha value is -1.80. The van der Waals surface area contributed by atoms with Crippen LogP contribution in [0, 0.1) is 0 Å². The number of halogens is 2. The van der Waals surface area contributed by atoms with Gasteiger partial charge in [0.15, 0.2) is 6.10 Å². The Bertz CT molecular complexity index is 947. The molecule has 0 aliphatic carbocycles. The van der Waals surface area contributed by atoms with E-state index >= 15 is 0 Å². The van der Waals surface area contributed by atoms with E-state index in [1.807, 2.05) is 0 Å². The summed E-state index contributed by atoms with van der Waals surface area (Å²) in [4.78, 5) is 12.6. The van der Waals surface area contributed by atoms with Gasteiger partial charge in [-0.1, -0.05) is 35.3 Å². The van der Waals surface area contributed by atoms with Gasteiger partial charge in [0.05, 0.1) is 16.0 Å². The minimum atomic E-state index is -3.49. The summed E-state index contributed by atoms with van der Waals surface area (Å²) in [5.74, 6) is 0.0307. The molecular weight excluding hydrogens is 423 g/mol. The molecule has 1 N–H and O–H groups in total. The fourth-order valence-corrected chi connectivity index (χ4v) is 3.72. The average Bonchev–Trinajstić information content (AvgIpc) is 2.63. The van der Waals surface area contributed by atoms with Crippen LogP contribution in [0.4, 0.5) is 0 Å². The Morgan fingerprint density at radius 2 is 1.68 bits per heavy atom. The first-order valence-electron chi connectivity index (χ1n) is 8.47. The predicted molar refractivity (Wildman–Crippen MR) is 110 cm³/mol. The zero-order valence-corrected chi connectivity index (χ0v) is 18.3. The van der Waals surface area contributed by atoms with Crippen LogP contribution in [0.1, 0.15) is 25.5 Å². The molecule has 2 unspecified atom stereocenters. The van der Waals surface area contributed by atoms with Gasteiger partial charge in [-0.25, -0.2) is 12.7 Å². The van der Waals surface area contributed by atoms with Crippen LogP contribution in [0.3, 0.4) is 0 Å². The van der Waals surface area contributed by atoms with Crippen LogP contribution in [0.2, 0.25) is 10.0 Å². The summed E-state index contributed by atoms with van der Waals surface area (Å²) in [7, 11) is -0.548. The van der Waals surface area contributed by atoms with Gasteiger partial charge in [-0.15, -0.1) is 0 Å². The Balaban J connectivity index is 2.03. The molecule has 0 radical (unpaired) electrons. The number of nitrogens with zero attached hydrogens (tertiary/aromatic N) is 1. The van der Waals surface area contributed by atoms with E-state index < -0.39 is 16.1 Å². The second-order valence-electron chi connectivity index (χ2n) is 6.42. The molecule has 2 aromatic rings. The molecule has 0 aromatic heterocycles. The fraction of sp³-hybridized carbons (Fsp3) is 0.316. The molecule has 1 amide bonds. The third-order valence-electron chi connectivity index (χ3n) is 4.08. The third kappa shape index (κ3) is 5.38. The van der Waals surface area contributed by atoms with Gasteiger partial charge in [-0.3, -0.25) is 4.79 Å². The topological polar surface area (TPSA) is 75.7 Å². The second-order valence-corrected chi connectivity index (χ2v) is 9.42. The Kier molecular flexibility index (Phi) is 7.33. The minimum Gasteiger partial charge on any atom is -0.479 e. The first-order chi connectivity index (χ1) is 13.0. The molecule has 0 heterocycles. The number of carbonyl (C=O) groups excluding carboxylic acids is 1. The maximum Gasteiger partial charge on any atom is 0.261 e. The Morgan fingerprint density at radius 3 is 2.21 bits per heavy atom. The summed E-state index contributed by atoms with van der Waals surface area (Å²) in [5, 5.41) is 3.63. The number of hydrogen-bond donors (Lipinski definition) is 1. The van der Waals surface area contributed by atoms with Crippen LogP contribution in [0.5, 0.6) is 5.75 Å². The molecular formula is C19H22Cl2N2O4S. The number of sulfonamides is 1. The quantitative estimate of drug-likeness (QED) is 0.702. The molecule has 28 heavy (non-hydrogen) atoms. The van der Waals surface area contributed by atoms with Gasteiger partial charge in [0.2, 0.25) is 10.0 Å². The monoisotopic (exact) mass is 444 g/mol. The highest BCUT2D eigenvalue weighted by molar-refractivity contribution is 7.89. The Labute approximate surface area is 175 Å². The van der Waals surface area contributed by atoms with Gasteiger partial charge >= 0.3 is 0 Å². The highest BCUT2D eigenvalue weighted by atomic mass is 35.5. The lowest BCUT2D eigenvalue weighted by molar-refractivity contribution is -0.127. The van der Waals surface area contributed by atoms with Crippen LogP contribution >= 0.6 is 23.2 Å². The van der Waals surface area contributed by atoms with Crippen LogP contribution in [-0.4, -0.2) is 38.8 Å². The van der Waals surface area contributed by atoms with Gasteiger partial charge in [0.25, 0.3) is 5.91 Å². The molecule has 0 saturated heterocycles. The maximum atomic E-state index is 12.4. The van der Waals surface area contributed by atoms with Crippen molar-refractivity contribution in [2.45, 2.75) is 30.9 Å². The van der Waals surface area contributed by atoms with Crippen molar-refractivity contribution in [3.05, 3.63) is 58.1 Å². The molecule has 2 atom stereocenters. The van der Waals surface area contributed by atoms with E-state index in [-0.39, 0.29) is 16.8 Å². The normalized spacial score (nSPS) is 13.8. The zero-order chi connectivity index (χ0) is 21.1. The van der Waals surface area contributed by atoms with Crippen molar-refractivity contribution in [2.24, 2.45) is 0 Å². The summed E-state index contributed by atoms with van der Waals surface area (Å²) in [6.07, 6.45) is -0.783. The van der Waals surface area contributed by atoms with E-state index in [9.17, 15) is 13.2 Å². The number of amides is 1. The van der Waals surface area contributed by atoms with E-state index in [1.165, 1.54) is 32.3 Å². The van der Waals surface area contributed by atoms with Gasteiger partial charge in [-0.05, 0) is 49.7 Å². The fourth-order valence-electron chi connectivity index (χ4n) is 2.37. The van der Waals surface area contributed by atoms with Crippen molar-refractivity contribution in [1.82, 2.24) is 9.62 Å². The summed E-state index contributed by atoms with van der Waals surface area (Å²) in [6, 6.07) is 10.8. The van der Waals surface area contributed by atoms with Gasteiger partial charge in [0.1, 0.15) is 5.75 Å². The van der Waals surface area contributed by atoms with Crippen LogP contribution < -0.4 is 10.1 Å². The lowest BCUT2D eigenvalue weighted by atomic mass is 10.1. The first kappa shape index (κ1) is 22.5. The minimum absolute atomic E-state index is 0.189. The molecule has 2 aromatic carbocycles. The van der Waals surface area contributed by atoms with Crippen LogP contribution in [-0.2, 0) is 14.8 Å². The van der Waals surface area contributed by atoms with Crippen LogP contribution in [0.25, 0.3) is 0 Å². The second kappa shape index (κ2) is 9.13. The van der Waals surface area contributed by atoms with E-state index in [0.717, 1.165) is 9.87 Å².